The molecule has 1 atom stereocenters. The molecule has 0 saturated carbocycles. The van der Waals surface area contributed by atoms with Crippen molar-refractivity contribution in [2.75, 3.05) is 7.11 Å². The van der Waals surface area contributed by atoms with Crippen molar-refractivity contribution in [3.8, 4) is 11.4 Å². The number of aromatic nitrogens is 1. The highest BCUT2D eigenvalue weighted by atomic mass is 79.9. The summed E-state index contributed by atoms with van der Waals surface area (Å²) in [6.07, 6.45) is 4.62. The van der Waals surface area contributed by atoms with E-state index in [2.05, 4.69) is 20.5 Å². The Morgan fingerprint density at radius 1 is 1.37 bits per heavy atom. The molecule has 0 aliphatic heterocycles. The highest BCUT2D eigenvalue weighted by Gasteiger charge is 2.21. The van der Waals surface area contributed by atoms with Crippen LogP contribution >= 0.6 is 15.9 Å². The Bertz CT molecular complexity index is 606. The number of fused-ring (bicyclic) bond motifs is 1. The predicted octanol–water partition coefficient (Wildman–Crippen LogP) is 3.62. The molecule has 0 fully saturated rings. The lowest BCUT2D eigenvalue weighted by Crippen LogP contribution is -2.11. The molecule has 0 spiro atoms. The van der Waals surface area contributed by atoms with Gasteiger partial charge in [-0.3, -0.25) is 0 Å². The highest BCUT2D eigenvalue weighted by molar-refractivity contribution is 9.10. The van der Waals surface area contributed by atoms with Gasteiger partial charge in [0.1, 0.15) is 5.75 Å². The third-order valence-corrected chi connectivity index (χ3v) is 4.35. The Balaban J connectivity index is 2.08. The lowest BCUT2D eigenvalue weighted by molar-refractivity contribution is 0.156. The van der Waals surface area contributed by atoms with Gasteiger partial charge in [-0.15, -0.1) is 0 Å². The summed E-state index contributed by atoms with van der Waals surface area (Å²) in [5, 5.41) is 10.0. The van der Waals surface area contributed by atoms with Crippen LogP contribution in [0.3, 0.4) is 0 Å². The Morgan fingerprint density at radius 2 is 2.21 bits per heavy atom. The molecule has 1 aliphatic rings. The number of ether oxygens (including phenoxy) is 1. The minimum atomic E-state index is -0.317. The van der Waals surface area contributed by atoms with Crippen molar-refractivity contribution in [3.63, 3.8) is 0 Å². The van der Waals surface area contributed by atoms with E-state index in [1.54, 1.807) is 7.11 Å². The van der Waals surface area contributed by atoms with Crippen molar-refractivity contribution >= 4 is 15.9 Å². The molecule has 1 unspecified atom stereocenters. The average molecular weight is 322 g/mol. The van der Waals surface area contributed by atoms with Gasteiger partial charge in [0.25, 0.3) is 0 Å². The van der Waals surface area contributed by atoms with Crippen LogP contribution < -0.4 is 4.74 Å². The molecule has 3 rings (SSSR count). The van der Waals surface area contributed by atoms with Crippen LogP contribution in [0.5, 0.6) is 5.75 Å². The van der Waals surface area contributed by atoms with Gasteiger partial charge in [-0.2, -0.15) is 0 Å². The summed E-state index contributed by atoms with van der Waals surface area (Å²) in [6.45, 7) is 0. The van der Waals surface area contributed by atoms with Gasteiger partial charge in [-0.1, -0.05) is 0 Å². The quantitative estimate of drug-likeness (QED) is 0.916. The summed E-state index contributed by atoms with van der Waals surface area (Å²) in [6, 6.07) is 8.06. The zero-order valence-electron chi connectivity index (χ0n) is 10.8. The van der Waals surface area contributed by atoms with Gasteiger partial charge in [0.2, 0.25) is 0 Å². The summed E-state index contributed by atoms with van der Waals surface area (Å²) in [4.78, 5) is 0. The number of benzene rings is 1. The van der Waals surface area contributed by atoms with E-state index in [1.807, 2.05) is 30.5 Å². The molecule has 0 bridgehead atoms. The molecule has 0 radical (unpaired) electrons. The van der Waals surface area contributed by atoms with Crippen LogP contribution in [0.25, 0.3) is 5.69 Å². The normalized spacial score (nSPS) is 18.2. The Morgan fingerprint density at radius 3 is 3.00 bits per heavy atom. The first-order valence-corrected chi connectivity index (χ1v) is 7.22. The van der Waals surface area contributed by atoms with Crippen LogP contribution in [0, 0.1) is 0 Å². The molecule has 0 amide bonds. The molecule has 19 heavy (non-hydrogen) atoms. The van der Waals surface area contributed by atoms with Crippen LogP contribution in [0.2, 0.25) is 0 Å². The fraction of sp³-hybridized carbons (Fsp3) is 0.333. The molecule has 100 valence electrons. The maximum atomic E-state index is 10.0. The molecule has 1 N–H and O–H groups in total. The van der Waals surface area contributed by atoms with E-state index >= 15 is 0 Å². The van der Waals surface area contributed by atoms with E-state index in [0.717, 1.165) is 40.7 Å². The standard InChI is InChI=1S/C15H16BrNO2/c1-19-15-9-10(5-6-12(15)16)17-8-7-11-13(17)3-2-4-14(11)18/h5-9,14,18H,2-4H2,1H3. The number of hydrogen-bond donors (Lipinski definition) is 1. The van der Waals surface area contributed by atoms with E-state index in [-0.39, 0.29) is 6.10 Å². The van der Waals surface area contributed by atoms with E-state index in [1.165, 1.54) is 5.69 Å². The number of nitrogens with zero attached hydrogens (tertiary/aromatic N) is 1. The lowest BCUT2D eigenvalue weighted by atomic mass is 9.95. The Kier molecular flexibility index (Phi) is 3.37. The second kappa shape index (κ2) is 5.02. The number of aliphatic hydroxyl groups excluding tert-OH is 1. The van der Waals surface area contributed by atoms with Gasteiger partial charge in [-0.05, 0) is 53.4 Å². The fourth-order valence-electron chi connectivity index (χ4n) is 2.71. The van der Waals surface area contributed by atoms with Crippen LogP contribution in [0.15, 0.2) is 34.9 Å². The molecule has 2 aromatic rings. The van der Waals surface area contributed by atoms with Crippen molar-refractivity contribution in [1.82, 2.24) is 4.57 Å². The number of rotatable bonds is 2. The van der Waals surface area contributed by atoms with Gasteiger partial charge in [-0.25, -0.2) is 0 Å². The van der Waals surface area contributed by atoms with Gasteiger partial charge < -0.3 is 14.4 Å². The molecule has 1 aliphatic carbocycles. The summed E-state index contributed by atoms with van der Waals surface area (Å²) < 4.78 is 8.43. The fourth-order valence-corrected chi connectivity index (χ4v) is 3.12. The summed E-state index contributed by atoms with van der Waals surface area (Å²) in [5.74, 6) is 0.816. The molecule has 1 aromatic heterocycles. The third-order valence-electron chi connectivity index (χ3n) is 3.69. The zero-order chi connectivity index (χ0) is 13.4. The topological polar surface area (TPSA) is 34.4 Å². The van der Waals surface area contributed by atoms with Crippen LogP contribution in [-0.4, -0.2) is 16.8 Å². The second-order valence-electron chi connectivity index (χ2n) is 4.81. The first-order chi connectivity index (χ1) is 9.20. The molecule has 4 heteroatoms. The zero-order valence-corrected chi connectivity index (χ0v) is 12.4. The molecule has 3 nitrogen and oxygen atoms in total. The number of halogens is 1. The third kappa shape index (κ3) is 2.19. The molecule has 0 saturated heterocycles. The monoisotopic (exact) mass is 321 g/mol. The van der Waals surface area contributed by atoms with Gasteiger partial charge >= 0.3 is 0 Å². The Labute approximate surface area is 121 Å². The molecular formula is C15H16BrNO2. The van der Waals surface area contributed by atoms with E-state index in [0.29, 0.717) is 0 Å². The first-order valence-electron chi connectivity index (χ1n) is 6.43. The van der Waals surface area contributed by atoms with Crippen LogP contribution in [-0.2, 0) is 6.42 Å². The predicted molar refractivity (Wildman–Crippen MR) is 77.9 cm³/mol. The molecular weight excluding hydrogens is 306 g/mol. The van der Waals surface area contributed by atoms with Crippen LogP contribution in [0.1, 0.15) is 30.2 Å². The summed E-state index contributed by atoms with van der Waals surface area (Å²) >= 11 is 3.46. The average Bonchev–Trinajstić information content (AvgIpc) is 2.85. The number of hydrogen-bond acceptors (Lipinski definition) is 2. The van der Waals surface area contributed by atoms with Gasteiger partial charge in [0.05, 0.1) is 17.7 Å². The number of aliphatic hydroxyl groups is 1. The van der Waals surface area contributed by atoms with Crippen LogP contribution in [0.4, 0.5) is 0 Å². The van der Waals surface area contributed by atoms with Crippen molar-refractivity contribution in [1.29, 1.82) is 0 Å². The van der Waals surface area contributed by atoms with Gasteiger partial charge in [0, 0.05) is 29.2 Å². The summed E-state index contributed by atoms with van der Waals surface area (Å²) in [5.41, 5.74) is 3.34. The number of methoxy groups -OCH3 is 1. The van der Waals surface area contributed by atoms with Gasteiger partial charge in [0.15, 0.2) is 0 Å². The van der Waals surface area contributed by atoms with E-state index in [9.17, 15) is 5.11 Å². The molecule has 1 aromatic carbocycles. The van der Waals surface area contributed by atoms with E-state index < -0.39 is 0 Å². The smallest absolute Gasteiger partial charge is 0.135 e. The van der Waals surface area contributed by atoms with Crippen molar-refractivity contribution in [3.05, 3.63) is 46.2 Å². The maximum absolute atomic E-state index is 10.0. The van der Waals surface area contributed by atoms with Crippen molar-refractivity contribution < 1.29 is 9.84 Å². The largest absolute Gasteiger partial charge is 0.495 e. The highest BCUT2D eigenvalue weighted by Crippen LogP contribution is 2.34. The maximum Gasteiger partial charge on any atom is 0.135 e. The Hall–Kier alpha value is -1.26. The summed E-state index contributed by atoms with van der Waals surface area (Å²) in [7, 11) is 1.67. The van der Waals surface area contributed by atoms with Crippen molar-refractivity contribution in [2.45, 2.75) is 25.4 Å². The van der Waals surface area contributed by atoms with Crippen molar-refractivity contribution in [2.24, 2.45) is 0 Å². The SMILES string of the molecule is COc1cc(-n2ccc3c2CCCC3O)ccc1Br. The minimum Gasteiger partial charge on any atom is -0.495 e. The minimum absolute atomic E-state index is 0.317. The second-order valence-corrected chi connectivity index (χ2v) is 5.67. The lowest BCUT2D eigenvalue weighted by Gasteiger charge is -2.20. The van der Waals surface area contributed by atoms with E-state index in [4.69, 9.17) is 4.74 Å². The molecule has 1 heterocycles. The first kappa shape index (κ1) is 12.8.